The first-order valence-electron chi connectivity index (χ1n) is 8.62. The summed E-state index contributed by atoms with van der Waals surface area (Å²) >= 11 is 0. The summed E-state index contributed by atoms with van der Waals surface area (Å²) in [5.41, 5.74) is 5.79. The van der Waals surface area contributed by atoms with Crippen LogP contribution >= 0.6 is 0 Å². The minimum Gasteiger partial charge on any atom is -0.370 e. The van der Waals surface area contributed by atoms with E-state index in [-0.39, 0.29) is 5.96 Å². The van der Waals surface area contributed by atoms with Gasteiger partial charge in [0.1, 0.15) is 0 Å². The molecule has 20 heavy (non-hydrogen) atoms. The number of hydrogen-bond acceptors (Lipinski definition) is 1. The molecule has 0 aromatic heterocycles. The molecule has 4 N–H and O–H groups in total. The molecular formula is C17H37N3. The van der Waals surface area contributed by atoms with Crippen LogP contribution in [0.4, 0.5) is 0 Å². The number of nitrogens with one attached hydrogen (secondary N) is 2. The van der Waals surface area contributed by atoms with Crippen LogP contribution < -0.4 is 11.1 Å². The van der Waals surface area contributed by atoms with Crippen LogP contribution in [0.2, 0.25) is 0 Å². The Morgan fingerprint density at radius 2 is 1.40 bits per heavy atom. The van der Waals surface area contributed by atoms with Crippen molar-refractivity contribution in [2.45, 2.75) is 91.4 Å². The molecule has 0 saturated carbocycles. The maximum Gasteiger partial charge on any atom is 0.185 e. The molecule has 0 fully saturated rings. The zero-order valence-corrected chi connectivity index (χ0v) is 14.1. The molecule has 3 heteroatoms. The smallest absolute Gasteiger partial charge is 0.185 e. The predicted octanol–water partition coefficient (Wildman–Crippen LogP) is 4.81. The predicted molar refractivity (Wildman–Crippen MR) is 90.2 cm³/mol. The minimum atomic E-state index is 0.101. The van der Waals surface area contributed by atoms with E-state index >= 15 is 0 Å². The Kier molecular flexibility index (Phi) is 11.6. The van der Waals surface area contributed by atoms with Crippen molar-refractivity contribution in [2.75, 3.05) is 6.54 Å². The van der Waals surface area contributed by atoms with Gasteiger partial charge < -0.3 is 11.1 Å². The highest BCUT2D eigenvalue weighted by Gasteiger charge is 2.22. The molecule has 0 unspecified atom stereocenters. The van der Waals surface area contributed by atoms with E-state index in [1.54, 1.807) is 0 Å². The monoisotopic (exact) mass is 283 g/mol. The van der Waals surface area contributed by atoms with Crippen LogP contribution in [0.1, 0.15) is 91.4 Å². The maximum absolute atomic E-state index is 7.25. The molecule has 3 nitrogen and oxygen atoms in total. The van der Waals surface area contributed by atoms with Crippen molar-refractivity contribution in [1.82, 2.24) is 5.32 Å². The standard InChI is InChI=1S/C17H37N3/c1-4-6-8-10-12-17(3,13-11-9-7-5-2)14-15-20-16(18)19/h4-15H2,1-3H3,(H4,18,19,20). The second-order valence-corrected chi connectivity index (χ2v) is 6.52. The average Bonchev–Trinajstić information content (AvgIpc) is 2.40. The Morgan fingerprint density at radius 3 is 1.80 bits per heavy atom. The third-order valence-electron chi connectivity index (χ3n) is 4.31. The van der Waals surface area contributed by atoms with Gasteiger partial charge in [-0.3, -0.25) is 5.41 Å². The van der Waals surface area contributed by atoms with Crippen LogP contribution in [0.15, 0.2) is 0 Å². The fraction of sp³-hybridized carbons (Fsp3) is 0.941. The summed E-state index contributed by atoms with van der Waals surface area (Å²) in [7, 11) is 0. The molecule has 0 rings (SSSR count). The van der Waals surface area contributed by atoms with Gasteiger partial charge in [-0.15, -0.1) is 0 Å². The van der Waals surface area contributed by atoms with E-state index in [1.165, 1.54) is 64.2 Å². The highest BCUT2D eigenvalue weighted by Crippen LogP contribution is 2.34. The molecule has 0 aliphatic rings. The van der Waals surface area contributed by atoms with Crippen LogP contribution in [0.3, 0.4) is 0 Å². The van der Waals surface area contributed by atoms with Gasteiger partial charge in [-0.25, -0.2) is 0 Å². The van der Waals surface area contributed by atoms with Crippen molar-refractivity contribution in [1.29, 1.82) is 5.41 Å². The van der Waals surface area contributed by atoms with Crippen LogP contribution in [-0.4, -0.2) is 12.5 Å². The zero-order chi connectivity index (χ0) is 15.3. The van der Waals surface area contributed by atoms with Crippen molar-refractivity contribution in [3.8, 4) is 0 Å². The Morgan fingerprint density at radius 1 is 0.900 bits per heavy atom. The maximum atomic E-state index is 7.25. The molecular weight excluding hydrogens is 246 g/mol. The molecule has 0 spiro atoms. The molecule has 0 heterocycles. The summed E-state index contributed by atoms with van der Waals surface area (Å²) in [4.78, 5) is 0. The molecule has 120 valence electrons. The average molecular weight is 284 g/mol. The number of nitrogens with two attached hydrogens (primary N) is 1. The van der Waals surface area contributed by atoms with E-state index in [0.717, 1.165) is 13.0 Å². The van der Waals surface area contributed by atoms with E-state index in [1.807, 2.05) is 0 Å². The van der Waals surface area contributed by atoms with Gasteiger partial charge in [0.25, 0.3) is 0 Å². The lowest BCUT2D eigenvalue weighted by Crippen LogP contribution is -2.33. The first-order valence-corrected chi connectivity index (χ1v) is 8.62. The summed E-state index contributed by atoms with van der Waals surface area (Å²) in [6, 6.07) is 0. The molecule has 0 atom stereocenters. The SMILES string of the molecule is CCCCCCC(C)(CCCCCC)CCNC(=N)N. The van der Waals surface area contributed by atoms with E-state index in [2.05, 4.69) is 26.1 Å². The second kappa shape index (κ2) is 12.0. The summed E-state index contributed by atoms with van der Waals surface area (Å²) in [5, 5.41) is 10.2. The first-order chi connectivity index (χ1) is 9.54. The molecule has 0 radical (unpaired) electrons. The Bertz CT molecular complexity index is 226. The highest BCUT2D eigenvalue weighted by atomic mass is 15.0. The lowest BCUT2D eigenvalue weighted by atomic mass is 9.77. The van der Waals surface area contributed by atoms with Crippen molar-refractivity contribution < 1.29 is 0 Å². The summed E-state index contributed by atoms with van der Waals surface area (Å²) in [5.74, 6) is 0.101. The highest BCUT2D eigenvalue weighted by molar-refractivity contribution is 5.74. The van der Waals surface area contributed by atoms with Crippen molar-refractivity contribution in [3.05, 3.63) is 0 Å². The van der Waals surface area contributed by atoms with Crippen molar-refractivity contribution >= 4 is 5.96 Å². The molecule has 0 amide bonds. The van der Waals surface area contributed by atoms with Gasteiger partial charge in [-0.1, -0.05) is 72.1 Å². The van der Waals surface area contributed by atoms with Crippen LogP contribution in [0.5, 0.6) is 0 Å². The molecule has 0 aliphatic carbocycles. The number of guanidine groups is 1. The van der Waals surface area contributed by atoms with E-state index in [0.29, 0.717) is 5.41 Å². The quantitative estimate of drug-likeness (QED) is 0.258. The Labute approximate surface area is 126 Å². The lowest BCUT2D eigenvalue weighted by Gasteiger charge is -2.30. The minimum absolute atomic E-state index is 0.101. The van der Waals surface area contributed by atoms with Gasteiger partial charge in [0.2, 0.25) is 0 Å². The summed E-state index contributed by atoms with van der Waals surface area (Å²) in [6.45, 7) is 7.79. The fourth-order valence-electron chi connectivity index (χ4n) is 2.83. The Balaban J connectivity index is 4.08. The van der Waals surface area contributed by atoms with Crippen molar-refractivity contribution in [3.63, 3.8) is 0 Å². The molecule has 0 aromatic rings. The Hall–Kier alpha value is -0.730. The van der Waals surface area contributed by atoms with E-state index < -0.39 is 0 Å². The molecule has 0 saturated heterocycles. The van der Waals surface area contributed by atoms with Crippen molar-refractivity contribution in [2.24, 2.45) is 11.1 Å². The zero-order valence-electron chi connectivity index (χ0n) is 14.1. The summed E-state index contributed by atoms with van der Waals surface area (Å²) < 4.78 is 0. The number of hydrogen-bond donors (Lipinski definition) is 3. The van der Waals surface area contributed by atoms with Gasteiger partial charge in [-0.2, -0.15) is 0 Å². The van der Waals surface area contributed by atoms with Gasteiger partial charge in [0.15, 0.2) is 5.96 Å². The lowest BCUT2D eigenvalue weighted by molar-refractivity contribution is 0.232. The van der Waals surface area contributed by atoms with Gasteiger partial charge in [0, 0.05) is 6.54 Å². The summed E-state index contributed by atoms with van der Waals surface area (Å²) in [6.07, 6.45) is 14.5. The third kappa shape index (κ3) is 11.1. The molecule has 0 aliphatic heterocycles. The van der Waals surface area contributed by atoms with Crippen LogP contribution in [0.25, 0.3) is 0 Å². The van der Waals surface area contributed by atoms with Crippen LogP contribution in [-0.2, 0) is 0 Å². The van der Waals surface area contributed by atoms with Gasteiger partial charge in [0.05, 0.1) is 0 Å². The number of unbranched alkanes of at least 4 members (excludes halogenated alkanes) is 6. The van der Waals surface area contributed by atoms with Crippen LogP contribution in [0, 0.1) is 10.8 Å². The topological polar surface area (TPSA) is 61.9 Å². The number of rotatable bonds is 13. The van der Waals surface area contributed by atoms with E-state index in [4.69, 9.17) is 11.1 Å². The largest absolute Gasteiger partial charge is 0.370 e. The van der Waals surface area contributed by atoms with Gasteiger partial charge >= 0.3 is 0 Å². The normalized spacial score (nSPS) is 11.6. The van der Waals surface area contributed by atoms with E-state index in [9.17, 15) is 0 Å². The molecule has 0 aromatic carbocycles. The second-order valence-electron chi connectivity index (χ2n) is 6.52. The van der Waals surface area contributed by atoms with Gasteiger partial charge in [-0.05, 0) is 24.7 Å². The molecule has 0 bridgehead atoms. The first kappa shape index (κ1) is 19.3. The third-order valence-corrected chi connectivity index (χ3v) is 4.31. The fourth-order valence-corrected chi connectivity index (χ4v) is 2.83.